The van der Waals surface area contributed by atoms with E-state index in [9.17, 15) is 4.79 Å². The van der Waals surface area contributed by atoms with Crippen molar-refractivity contribution in [2.24, 2.45) is 0 Å². The highest BCUT2D eigenvalue weighted by atomic mass is 16.5. The summed E-state index contributed by atoms with van der Waals surface area (Å²) in [7, 11) is 1.65. The van der Waals surface area contributed by atoms with E-state index in [1.54, 1.807) is 18.0 Å². The van der Waals surface area contributed by atoms with E-state index >= 15 is 0 Å². The summed E-state index contributed by atoms with van der Waals surface area (Å²) < 4.78 is 12.9. The topological polar surface area (TPSA) is 95.5 Å². The largest absolute Gasteiger partial charge is 0.383 e. The van der Waals surface area contributed by atoms with Crippen molar-refractivity contribution in [1.29, 1.82) is 0 Å². The monoisotopic (exact) mass is 385 g/mol. The van der Waals surface area contributed by atoms with Crippen molar-refractivity contribution < 1.29 is 14.3 Å². The minimum Gasteiger partial charge on any atom is -0.383 e. The molecule has 0 saturated heterocycles. The van der Waals surface area contributed by atoms with Gasteiger partial charge in [0, 0.05) is 43.9 Å². The Morgan fingerprint density at radius 2 is 2.21 bits per heavy atom. The first-order valence-corrected chi connectivity index (χ1v) is 9.75. The van der Waals surface area contributed by atoms with Crippen LogP contribution in [0.4, 0.5) is 5.82 Å². The van der Waals surface area contributed by atoms with Crippen molar-refractivity contribution in [3.05, 3.63) is 40.3 Å². The van der Waals surface area contributed by atoms with Crippen molar-refractivity contribution in [2.75, 3.05) is 26.0 Å². The maximum Gasteiger partial charge on any atom is 0.272 e. The number of nitrogens with two attached hydrogens (primary N) is 1. The zero-order chi connectivity index (χ0) is 19.8. The van der Waals surface area contributed by atoms with Crippen molar-refractivity contribution >= 4 is 11.7 Å². The zero-order valence-electron chi connectivity index (χ0n) is 16.6. The van der Waals surface area contributed by atoms with Crippen LogP contribution in [0.25, 0.3) is 0 Å². The highest BCUT2D eigenvalue weighted by Gasteiger charge is 2.34. The van der Waals surface area contributed by atoms with Crippen LogP contribution < -0.4 is 5.73 Å². The van der Waals surface area contributed by atoms with Gasteiger partial charge in [-0.2, -0.15) is 5.10 Å². The second-order valence-corrected chi connectivity index (χ2v) is 7.53. The molecule has 150 valence electrons. The Balaban J connectivity index is 1.70. The summed E-state index contributed by atoms with van der Waals surface area (Å²) in [5.41, 5.74) is 10.7. The van der Waals surface area contributed by atoms with Crippen molar-refractivity contribution in [2.45, 2.75) is 52.0 Å². The first-order valence-electron chi connectivity index (χ1n) is 9.75. The lowest BCUT2D eigenvalue weighted by Crippen LogP contribution is -2.38. The van der Waals surface area contributed by atoms with Gasteiger partial charge in [-0.25, -0.2) is 4.98 Å². The van der Waals surface area contributed by atoms with E-state index in [2.05, 4.69) is 4.98 Å². The Morgan fingerprint density at radius 1 is 1.39 bits per heavy atom. The number of carbonyl (C=O) groups is 1. The molecule has 0 bridgehead atoms. The van der Waals surface area contributed by atoms with E-state index in [1.807, 2.05) is 24.8 Å². The third kappa shape index (κ3) is 3.27. The van der Waals surface area contributed by atoms with Gasteiger partial charge in [-0.15, -0.1) is 0 Å². The lowest BCUT2D eigenvalue weighted by molar-refractivity contribution is -0.00721. The molecule has 2 atom stereocenters. The average Bonchev–Trinajstić information content (AvgIpc) is 3.04. The maximum atomic E-state index is 13.6. The van der Waals surface area contributed by atoms with Crippen LogP contribution in [0.1, 0.15) is 52.8 Å². The first kappa shape index (κ1) is 18.9. The van der Waals surface area contributed by atoms with Crippen molar-refractivity contribution in [1.82, 2.24) is 19.7 Å². The number of anilines is 1. The summed E-state index contributed by atoms with van der Waals surface area (Å²) in [6, 6.07) is 1.99. The van der Waals surface area contributed by atoms with Gasteiger partial charge in [0.25, 0.3) is 5.91 Å². The van der Waals surface area contributed by atoms with Gasteiger partial charge in [0.05, 0.1) is 31.1 Å². The number of rotatable bonds is 4. The summed E-state index contributed by atoms with van der Waals surface area (Å²) in [6.07, 6.45) is 3.11. The Hall–Kier alpha value is -2.45. The standard InChI is InChI=1S/C20H27N5O3/c1-12-10-15-17(13(2)28-12)23-25(8-9-27-3)18(15)20(26)24-7-5-14-4-6-22-19(21)16(14)11-24/h4,6,12-13H,5,7-11H2,1-3H3,(H2,21,22)/t12-,13+/m0/s1. The molecule has 0 radical (unpaired) electrons. The van der Waals surface area contributed by atoms with Gasteiger partial charge in [0.2, 0.25) is 0 Å². The molecule has 2 aromatic rings. The van der Waals surface area contributed by atoms with Crippen LogP contribution in [-0.2, 0) is 35.4 Å². The molecule has 0 saturated carbocycles. The van der Waals surface area contributed by atoms with Gasteiger partial charge in [-0.3, -0.25) is 9.48 Å². The zero-order valence-corrected chi connectivity index (χ0v) is 16.6. The summed E-state index contributed by atoms with van der Waals surface area (Å²) in [6.45, 7) is 6.16. The molecular formula is C20H27N5O3. The SMILES string of the molecule is COCCn1nc2c(c1C(=O)N1CCc3ccnc(N)c3C1)C[C@H](C)O[C@@H]2C. The third-order valence-electron chi connectivity index (χ3n) is 5.58. The van der Waals surface area contributed by atoms with Crippen LogP contribution in [0.15, 0.2) is 12.3 Å². The molecule has 4 rings (SSSR count). The lowest BCUT2D eigenvalue weighted by atomic mass is 9.97. The van der Waals surface area contributed by atoms with Crippen molar-refractivity contribution in [3.63, 3.8) is 0 Å². The number of pyridine rings is 1. The van der Waals surface area contributed by atoms with E-state index in [-0.39, 0.29) is 18.1 Å². The van der Waals surface area contributed by atoms with Crippen LogP contribution in [-0.4, -0.2) is 51.9 Å². The fourth-order valence-corrected chi connectivity index (χ4v) is 4.19. The summed E-state index contributed by atoms with van der Waals surface area (Å²) in [5.74, 6) is 0.487. The summed E-state index contributed by atoms with van der Waals surface area (Å²) in [5, 5.41) is 4.71. The normalized spacial score (nSPS) is 21.3. The number of hydrogen-bond acceptors (Lipinski definition) is 6. The van der Waals surface area contributed by atoms with Crippen LogP contribution in [0.3, 0.4) is 0 Å². The smallest absolute Gasteiger partial charge is 0.272 e. The Bertz CT molecular complexity index is 894. The molecule has 0 spiro atoms. The molecule has 0 fully saturated rings. The van der Waals surface area contributed by atoms with E-state index in [4.69, 9.17) is 20.3 Å². The number of hydrogen-bond donors (Lipinski definition) is 1. The van der Waals surface area contributed by atoms with Gasteiger partial charge in [0.1, 0.15) is 11.5 Å². The molecule has 2 aromatic heterocycles. The van der Waals surface area contributed by atoms with E-state index in [0.29, 0.717) is 44.2 Å². The Kier molecular flexibility index (Phi) is 5.07. The molecule has 2 aliphatic heterocycles. The average molecular weight is 385 g/mol. The minimum atomic E-state index is -0.129. The van der Waals surface area contributed by atoms with Crippen LogP contribution in [0.5, 0.6) is 0 Å². The van der Waals surface area contributed by atoms with Gasteiger partial charge < -0.3 is 20.1 Å². The number of ether oxygens (including phenoxy) is 2. The number of methoxy groups -OCH3 is 1. The van der Waals surface area contributed by atoms with Crippen LogP contribution >= 0.6 is 0 Å². The van der Waals surface area contributed by atoms with E-state index in [0.717, 1.165) is 23.2 Å². The molecule has 4 heterocycles. The minimum absolute atomic E-state index is 0.0138. The first-order chi connectivity index (χ1) is 13.5. The second-order valence-electron chi connectivity index (χ2n) is 7.53. The quantitative estimate of drug-likeness (QED) is 0.861. The summed E-state index contributed by atoms with van der Waals surface area (Å²) in [4.78, 5) is 19.6. The Labute approximate surface area is 164 Å². The number of nitrogen functional groups attached to an aromatic ring is 1. The van der Waals surface area contributed by atoms with E-state index < -0.39 is 0 Å². The molecular weight excluding hydrogens is 358 g/mol. The number of carbonyl (C=O) groups excluding carboxylic acids is 1. The molecule has 8 nitrogen and oxygen atoms in total. The third-order valence-corrected chi connectivity index (χ3v) is 5.58. The predicted octanol–water partition coefficient (Wildman–Crippen LogP) is 1.73. The predicted molar refractivity (Wildman–Crippen MR) is 104 cm³/mol. The Morgan fingerprint density at radius 3 is 3.00 bits per heavy atom. The number of aromatic nitrogens is 3. The fraction of sp³-hybridized carbons (Fsp3) is 0.550. The van der Waals surface area contributed by atoms with Crippen LogP contribution in [0, 0.1) is 0 Å². The molecule has 0 aromatic carbocycles. The molecule has 1 amide bonds. The van der Waals surface area contributed by atoms with Gasteiger partial charge in [-0.05, 0) is 31.9 Å². The summed E-state index contributed by atoms with van der Waals surface area (Å²) >= 11 is 0. The highest BCUT2D eigenvalue weighted by Crippen LogP contribution is 2.33. The second kappa shape index (κ2) is 7.52. The molecule has 0 unspecified atom stereocenters. The lowest BCUT2D eigenvalue weighted by Gasteiger charge is -2.30. The van der Waals surface area contributed by atoms with E-state index in [1.165, 1.54) is 5.56 Å². The van der Waals surface area contributed by atoms with Gasteiger partial charge in [-0.1, -0.05) is 0 Å². The van der Waals surface area contributed by atoms with Gasteiger partial charge >= 0.3 is 0 Å². The number of nitrogens with zero attached hydrogens (tertiary/aromatic N) is 4. The van der Waals surface area contributed by atoms with Gasteiger partial charge in [0.15, 0.2) is 0 Å². The fourth-order valence-electron chi connectivity index (χ4n) is 4.19. The van der Waals surface area contributed by atoms with Crippen molar-refractivity contribution in [3.8, 4) is 0 Å². The maximum absolute atomic E-state index is 13.6. The molecule has 0 aliphatic carbocycles. The molecule has 2 N–H and O–H groups in total. The highest BCUT2D eigenvalue weighted by molar-refractivity contribution is 5.94. The van der Waals surface area contributed by atoms with Crippen LogP contribution in [0.2, 0.25) is 0 Å². The molecule has 2 aliphatic rings. The number of fused-ring (bicyclic) bond motifs is 2. The molecule has 8 heteroatoms. The number of amides is 1. The molecule has 28 heavy (non-hydrogen) atoms.